The van der Waals surface area contributed by atoms with Gasteiger partial charge in [0.1, 0.15) is 5.82 Å². The summed E-state index contributed by atoms with van der Waals surface area (Å²) in [5, 5.41) is 12.4. The molecule has 152 valence electrons. The van der Waals surface area contributed by atoms with Gasteiger partial charge >= 0.3 is 0 Å². The van der Waals surface area contributed by atoms with Crippen molar-refractivity contribution < 1.29 is 14.3 Å². The number of methoxy groups -OCH3 is 1. The van der Waals surface area contributed by atoms with Gasteiger partial charge in [-0.25, -0.2) is 0 Å². The van der Waals surface area contributed by atoms with E-state index in [1.165, 1.54) is 17.3 Å². The molecule has 1 aromatic heterocycles. The molecule has 2 aromatic rings. The molecule has 3 rings (SSSR count). The van der Waals surface area contributed by atoms with E-state index in [0.29, 0.717) is 25.4 Å². The third-order valence-electron chi connectivity index (χ3n) is 4.68. The van der Waals surface area contributed by atoms with E-state index in [-0.39, 0.29) is 12.0 Å². The molecule has 0 radical (unpaired) electrons. The lowest BCUT2D eigenvalue weighted by atomic mass is 10.1. The average Bonchev–Trinajstić information content (AvgIpc) is 3.38. The second kappa shape index (κ2) is 11.2. The zero-order valence-electron chi connectivity index (χ0n) is 16.3. The Morgan fingerprint density at radius 1 is 1.32 bits per heavy atom. The van der Waals surface area contributed by atoms with Crippen LogP contribution in [-0.2, 0) is 33.7 Å². The molecule has 0 unspecified atom stereocenters. The van der Waals surface area contributed by atoms with E-state index in [1.807, 2.05) is 18.2 Å². The molecule has 1 amide bonds. The van der Waals surface area contributed by atoms with Crippen molar-refractivity contribution in [2.75, 3.05) is 32.6 Å². The molecule has 2 heterocycles. The topological polar surface area (TPSA) is 78.3 Å². The van der Waals surface area contributed by atoms with Gasteiger partial charge in [-0.2, -0.15) is 0 Å². The van der Waals surface area contributed by atoms with Gasteiger partial charge < -0.3 is 19.4 Å². The van der Waals surface area contributed by atoms with Crippen LogP contribution in [0.4, 0.5) is 0 Å². The number of hydrogen-bond donors (Lipinski definition) is 1. The van der Waals surface area contributed by atoms with Crippen LogP contribution in [0.15, 0.2) is 35.5 Å². The Morgan fingerprint density at radius 2 is 2.18 bits per heavy atom. The molecule has 28 heavy (non-hydrogen) atoms. The quantitative estimate of drug-likeness (QED) is 0.578. The largest absolute Gasteiger partial charge is 0.383 e. The minimum atomic E-state index is -0.00683. The predicted molar refractivity (Wildman–Crippen MR) is 108 cm³/mol. The highest BCUT2D eigenvalue weighted by molar-refractivity contribution is 7.99. The van der Waals surface area contributed by atoms with Gasteiger partial charge in [-0.3, -0.25) is 4.79 Å². The summed E-state index contributed by atoms with van der Waals surface area (Å²) in [7, 11) is 1.68. The fourth-order valence-corrected chi connectivity index (χ4v) is 3.95. The van der Waals surface area contributed by atoms with Crippen molar-refractivity contribution in [1.29, 1.82) is 0 Å². The second-order valence-electron chi connectivity index (χ2n) is 6.76. The number of nitrogens with zero attached hydrogens (tertiary/aromatic N) is 3. The summed E-state index contributed by atoms with van der Waals surface area (Å²) in [6.45, 7) is 2.63. The number of rotatable bonds is 11. The van der Waals surface area contributed by atoms with E-state index in [1.54, 1.807) is 7.11 Å². The maximum absolute atomic E-state index is 12.1. The van der Waals surface area contributed by atoms with Crippen molar-refractivity contribution in [2.45, 2.75) is 43.5 Å². The first-order valence-electron chi connectivity index (χ1n) is 9.72. The van der Waals surface area contributed by atoms with Crippen molar-refractivity contribution >= 4 is 17.7 Å². The minimum Gasteiger partial charge on any atom is -0.383 e. The molecule has 0 aliphatic carbocycles. The SMILES string of the molecule is COCCn1c(CCc2ccccc2)nnc1SCC(=O)NC[C@H]1CCCO1. The van der Waals surface area contributed by atoms with Crippen LogP contribution in [0.1, 0.15) is 24.2 Å². The van der Waals surface area contributed by atoms with Crippen molar-refractivity contribution in [2.24, 2.45) is 0 Å². The van der Waals surface area contributed by atoms with E-state index >= 15 is 0 Å². The number of thioether (sulfide) groups is 1. The summed E-state index contributed by atoms with van der Waals surface area (Å²) >= 11 is 1.41. The summed E-state index contributed by atoms with van der Waals surface area (Å²) in [6.07, 6.45) is 3.95. The summed E-state index contributed by atoms with van der Waals surface area (Å²) in [5.74, 6) is 1.23. The Bertz CT molecular complexity index is 732. The third-order valence-corrected chi connectivity index (χ3v) is 5.64. The van der Waals surface area contributed by atoms with E-state index in [9.17, 15) is 4.79 Å². The molecule has 1 N–H and O–H groups in total. The highest BCUT2D eigenvalue weighted by Gasteiger charge is 2.17. The minimum absolute atomic E-state index is 0.00683. The van der Waals surface area contributed by atoms with Crippen LogP contribution in [0.5, 0.6) is 0 Å². The normalized spacial score (nSPS) is 16.4. The maximum Gasteiger partial charge on any atom is 0.230 e. The lowest BCUT2D eigenvalue weighted by Crippen LogP contribution is -2.33. The Morgan fingerprint density at radius 3 is 2.93 bits per heavy atom. The molecule has 0 spiro atoms. The molecular formula is C20H28N4O3S. The van der Waals surface area contributed by atoms with Crippen LogP contribution >= 0.6 is 11.8 Å². The molecule has 1 saturated heterocycles. The van der Waals surface area contributed by atoms with E-state index in [4.69, 9.17) is 9.47 Å². The van der Waals surface area contributed by atoms with Gasteiger partial charge in [-0.05, 0) is 24.8 Å². The van der Waals surface area contributed by atoms with Gasteiger partial charge in [-0.1, -0.05) is 42.1 Å². The van der Waals surface area contributed by atoms with Crippen LogP contribution < -0.4 is 5.32 Å². The zero-order chi connectivity index (χ0) is 19.6. The van der Waals surface area contributed by atoms with Crippen LogP contribution in [0.25, 0.3) is 0 Å². The average molecular weight is 405 g/mol. The third kappa shape index (κ3) is 6.32. The lowest BCUT2D eigenvalue weighted by molar-refractivity contribution is -0.119. The monoisotopic (exact) mass is 404 g/mol. The van der Waals surface area contributed by atoms with E-state index < -0.39 is 0 Å². The Labute approximate surface area is 170 Å². The lowest BCUT2D eigenvalue weighted by Gasteiger charge is -2.11. The van der Waals surface area contributed by atoms with E-state index in [0.717, 1.165) is 43.3 Å². The molecule has 1 aliphatic rings. The molecule has 0 bridgehead atoms. The fraction of sp³-hybridized carbons (Fsp3) is 0.550. The first kappa shape index (κ1) is 20.8. The van der Waals surface area contributed by atoms with Crippen LogP contribution in [0.2, 0.25) is 0 Å². The highest BCUT2D eigenvalue weighted by Crippen LogP contribution is 2.18. The number of amides is 1. The van der Waals surface area contributed by atoms with Crippen LogP contribution in [-0.4, -0.2) is 59.4 Å². The second-order valence-corrected chi connectivity index (χ2v) is 7.70. The summed E-state index contributed by atoms with van der Waals surface area (Å²) in [4.78, 5) is 12.1. The Hall–Kier alpha value is -1.90. The molecule has 1 aromatic carbocycles. The molecule has 8 heteroatoms. The first-order chi connectivity index (χ1) is 13.8. The van der Waals surface area contributed by atoms with Gasteiger partial charge in [-0.15, -0.1) is 10.2 Å². The predicted octanol–water partition coefficient (Wildman–Crippen LogP) is 2.10. The van der Waals surface area contributed by atoms with Crippen LogP contribution in [0.3, 0.4) is 0 Å². The number of ether oxygens (including phenoxy) is 2. The Balaban J connectivity index is 1.53. The van der Waals surface area contributed by atoms with Crippen molar-refractivity contribution in [3.63, 3.8) is 0 Å². The first-order valence-corrected chi connectivity index (χ1v) is 10.7. The molecule has 0 saturated carbocycles. The summed E-state index contributed by atoms with van der Waals surface area (Å²) in [5.41, 5.74) is 1.27. The van der Waals surface area contributed by atoms with Gasteiger partial charge in [0.05, 0.1) is 18.5 Å². The van der Waals surface area contributed by atoms with Crippen molar-refractivity contribution in [3.8, 4) is 0 Å². The van der Waals surface area contributed by atoms with Crippen molar-refractivity contribution in [3.05, 3.63) is 41.7 Å². The zero-order valence-corrected chi connectivity index (χ0v) is 17.1. The summed E-state index contributed by atoms with van der Waals surface area (Å²) in [6, 6.07) is 10.3. The highest BCUT2D eigenvalue weighted by atomic mass is 32.2. The van der Waals surface area contributed by atoms with Crippen molar-refractivity contribution in [1.82, 2.24) is 20.1 Å². The molecular weight excluding hydrogens is 376 g/mol. The number of aryl methyl sites for hydroxylation is 2. The number of benzene rings is 1. The van der Waals surface area contributed by atoms with Gasteiger partial charge in [0, 0.05) is 33.2 Å². The number of carbonyl (C=O) groups is 1. The molecule has 1 fully saturated rings. The van der Waals surface area contributed by atoms with Gasteiger partial charge in [0.2, 0.25) is 5.91 Å². The number of aromatic nitrogens is 3. The molecule has 1 aliphatic heterocycles. The Kier molecular flexibility index (Phi) is 8.32. The fourth-order valence-electron chi connectivity index (χ4n) is 3.13. The van der Waals surface area contributed by atoms with Gasteiger partial charge in [0.15, 0.2) is 5.16 Å². The number of carbonyl (C=O) groups excluding carboxylic acids is 1. The molecule has 1 atom stereocenters. The maximum atomic E-state index is 12.1. The standard InChI is InChI=1S/C20H28N4O3S/c1-26-13-11-24-18(10-9-16-6-3-2-4-7-16)22-23-20(24)28-15-19(25)21-14-17-8-5-12-27-17/h2-4,6-7,17H,5,8-15H2,1H3,(H,21,25)/t17-/m1/s1. The van der Waals surface area contributed by atoms with E-state index in [2.05, 4.69) is 32.2 Å². The van der Waals surface area contributed by atoms with Crippen LogP contribution in [0, 0.1) is 0 Å². The number of nitrogens with one attached hydrogen (secondary N) is 1. The van der Waals surface area contributed by atoms with Gasteiger partial charge in [0.25, 0.3) is 0 Å². The number of hydrogen-bond acceptors (Lipinski definition) is 6. The summed E-state index contributed by atoms with van der Waals surface area (Å²) < 4.78 is 12.8. The molecule has 7 nitrogen and oxygen atoms in total. The smallest absolute Gasteiger partial charge is 0.230 e.